The summed E-state index contributed by atoms with van der Waals surface area (Å²) in [6.07, 6.45) is 10.3. The molecule has 0 aliphatic heterocycles. The molecule has 0 aliphatic rings. The Bertz CT molecular complexity index is 698. The molecule has 1 N–H and O–H groups in total. The van der Waals surface area contributed by atoms with Gasteiger partial charge in [-0.15, -0.1) is 0 Å². The molecule has 1 unspecified atom stereocenters. The Kier molecular flexibility index (Phi) is 3.47. The highest BCUT2D eigenvalue weighted by atomic mass is 15.3. The molecule has 3 aromatic heterocycles. The summed E-state index contributed by atoms with van der Waals surface area (Å²) >= 11 is 0. The summed E-state index contributed by atoms with van der Waals surface area (Å²) in [5.74, 6) is 0. The van der Waals surface area contributed by atoms with E-state index in [1.807, 2.05) is 47.1 Å². The lowest BCUT2D eigenvalue weighted by molar-refractivity contribution is 0.578. The fraction of sp³-hybridized carbons (Fsp3) is 0.357. The largest absolute Gasteiger partial charge is 0.305 e. The highest BCUT2D eigenvalue weighted by Gasteiger charge is 2.20. The summed E-state index contributed by atoms with van der Waals surface area (Å²) in [5, 5.41) is 12.4. The first-order chi connectivity index (χ1) is 9.79. The van der Waals surface area contributed by atoms with E-state index in [4.69, 9.17) is 0 Å². The molecular formula is C14H18N6. The molecule has 3 aromatic rings. The Morgan fingerprint density at radius 3 is 2.95 bits per heavy atom. The van der Waals surface area contributed by atoms with E-state index in [1.54, 1.807) is 6.20 Å². The van der Waals surface area contributed by atoms with Crippen molar-refractivity contribution in [1.29, 1.82) is 0 Å². The van der Waals surface area contributed by atoms with Gasteiger partial charge < -0.3 is 5.32 Å². The second-order valence-corrected chi connectivity index (χ2v) is 4.81. The first-order valence-electron chi connectivity index (χ1n) is 6.79. The minimum absolute atomic E-state index is 0.0397. The molecule has 0 saturated heterocycles. The summed E-state index contributed by atoms with van der Waals surface area (Å²) in [7, 11) is 1.93. The topological polar surface area (TPSA) is 60.0 Å². The van der Waals surface area contributed by atoms with Crippen molar-refractivity contribution in [2.24, 2.45) is 7.05 Å². The number of fused-ring (bicyclic) bond motifs is 1. The SMILES string of the molecule is CCCNC(c1ccn(C)n1)c1cnn2ccncc12. The van der Waals surface area contributed by atoms with E-state index in [0.717, 1.165) is 29.7 Å². The van der Waals surface area contributed by atoms with Crippen LogP contribution in [0, 0.1) is 0 Å². The van der Waals surface area contributed by atoms with Crippen molar-refractivity contribution < 1.29 is 0 Å². The highest BCUT2D eigenvalue weighted by molar-refractivity contribution is 5.55. The van der Waals surface area contributed by atoms with Crippen LogP contribution in [0.5, 0.6) is 0 Å². The zero-order valence-corrected chi connectivity index (χ0v) is 11.7. The molecule has 0 saturated carbocycles. The van der Waals surface area contributed by atoms with E-state index < -0.39 is 0 Å². The Morgan fingerprint density at radius 1 is 1.30 bits per heavy atom. The molecule has 3 heterocycles. The molecule has 0 spiro atoms. The van der Waals surface area contributed by atoms with Crippen molar-refractivity contribution >= 4 is 5.52 Å². The van der Waals surface area contributed by atoms with Gasteiger partial charge in [0.2, 0.25) is 0 Å². The van der Waals surface area contributed by atoms with Crippen LogP contribution in [0.15, 0.2) is 37.1 Å². The quantitative estimate of drug-likeness (QED) is 0.764. The molecule has 0 bridgehead atoms. The maximum absolute atomic E-state index is 4.52. The van der Waals surface area contributed by atoms with Gasteiger partial charge in [-0.1, -0.05) is 6.92 Å². The van der Waals surface area contributed by atoms with Gasteiger partial charge in [0.1, 0.15) is 0 Å². The number of nitrogens with one attached hydrogen (secondary N) is 1. The average Bonchev–Trinajstić information content (AvgIpc) is 3.07. The first-order valence-corrected chi connectivity index (χ1v) is 6.79. The van der Waals surface area contributed by atoms with E-state index in [-0.39, 0.29) is 6.04 Å². The molecule has 0 aromatic carbocycles. The number of hydrogen-bond donors (Lipinski definition) is 1. The van der Waals surface area contributed by atoms with Gasteiger partial charge in [0.25, 0.3) is 0 Å². The van der Waals surface area contributed by atoms with Gasteiger partial charge in [0, 0.05) is 31.2 Å². The summed E-state index contributed by atoms with van der Waals surface area (Å²) in [5.41, 5.74) is 3.11. The second kappa shape index (κ2) is 5.42. The van der Waals surface area contributed by atoms with Crippen LogP contribution in [0.4, 0.5) is 0 Å². The predicted octanol–water partition coefficient (Wildman–Crippen LogP) is 1.55. The van der Waals surface area contributed by atoms with Crippen molar-refractivity contribution in [2.75, 3.05) is 6.54 Å². The van der Waals surface area contributed by atoms with Crippen molar-refractivity contribution in [3.8, 4) is 0 Å². The monoisotopic (exact) mass is 270 g/mol. The van der Waals surface area contributed by atoms with Gasteiger partial charge in [-0.3, -0.25) is 9.67 Å². The highest BCUT2D eigenvalue weighted by Crippen LogP contribution is 2.24. The lowest BCUT2D eigenvalue weighted by atomic mass is 10.1. The molecule has 3 rings (SSSR count). The summed E-state index contributed by atoms with van der Waals surface area (Å²) in [6.45, 7) is 3.08. The van der Waals surface area contributed by atoms with Crippen LogP contribution in [-0.4, -0.2) is 30.9 Å². The van der Waals surface area contributed by atoms with Crippen molar-refractivity contribution in [1.82, 2.24) is 29.7 Å². The maximum Gasteiger partial charge on any atom is 0.0896 e. The Balaban J connectivity index is 2.04. The van der Waals surface area contributed by atoms with Crippen LogP contribution in [-0.2, 0) is 7.05 Å². The fourth-order valence-corrected chi connectivity index (χ4v) is 2.32. The minimum atomic E-state index is 0.0397. The first kappa shape index (κ1) is 12.8. The molecule has 6 heteroatoms. The molecule has 0 radical (unpaired) electrons. The Labute approximate surface area is 117 Å². The van der Waals surface area contributed by atoms with Gasteiger partial charge in [0.15, 0.2) is 0 Å². The summed E-state index contributed by atoms with van der Waals surface area (Å²) in [6, 6.07) is 2.07. The van der Waals surface area contributed by atoms with Crippen molar-refractivity contribution in [3.05, 3.63) is 48.3 Å². The van der Waals surface area contributed by atoms with Crippen LogP contribution in [0.1, 0.15) is 30.6 Å². The molecule has 0 amide bonds. The molecule has 20 heavy (non-hydrogen) atoms. The third-order valence-electron chi connectivity index (χ3n) is 3.29. The van der Waals surface area contributed by atoms with E-state index in [2.05, 4.69) is 27.4 Å². The smallest absolute Gasteiger partial charge is 0.0896 e. The Morgan fingerprint density at radius 2 is 2.20 bits per heavy atom. The Hall–Kier alpha value is -2.21. The number of aryl methyl sites for hydroxylation is 1. The lowest BCUT2D eigenvalue weighted by Gasteiger charge is -2.15. The van der Waals surface area contributed by atoms with Gasteiger partial charge in [-0.05, 0) is 19.0 Å². The number of rotatable bonds is 5. The van der Waals surface area contributed by atoms with Crippen LogP contribution in [0.25, 0.3) is 5.52 Å². The van der Waals surface area contributed by atoms with Crippen LogP contribution in [0.3, 0.4) is 0 Å². The summed E-state index contributed by atoms with van der Waals surface area (Å²) < 4.78 is 3.66. The fourth-order valence-electron chi connectivity index (χ4n) is 2.32. The molecule has 0 fully saturated rings. The second-order valence-electron chi connectivity index (χ2n) is 4.81. The third-order valence-corrected chi connectivity index (χ3v) is 3.29. The van der Waals surface area contributed by atoms with Gasteiger partial charge in [0.05, 0.1) is 29.6 Å². The number of nitrogens with zero attached hydrogens (tertiary/aromatic N) is 5. The van der Waals surface area contributed by atoms with Crippen molar-refractivity contribution in [3.63, 3.8) is 0 Å². The van der Waals surface area contributed by atoms with E-state index in [1.165, 1.54) is 0 Å². The average molecular weight is 270 g/mol. The van der Waals surface area contributed by atoms with Gasteiger partial charge in [-0.2, -0.15) is 10.2 Å². The lowest BCUT2D eigenvalue weighted by Crippen LogP contribution is -2.23. The van der Waals surface area contributed by atoms with Crippen LogP contribution >= 0.6 is 0 Å². The van der Waals surface area contributed by atoms with Crippen LogP contribution < -0.4 is 5.32 Å². The molecule has 1 atom stereocenters. The molecule has 6 nitrogen and oxygen atoms in total. The van der Waals surface area contributed by atoms with E-state index in [0.29, 0.717) is 0 Å². The molecular weight excluding hydrogens is 252 g/mol. The summed E-state index contributed by atoms with van der Waals surface area (Å²) in [4.78, 5) is 4.19. The maximum atomic E-state index is 4.52. The number of aromatic nitrogens is 5. The molecule has 0 aliphatic carbocycles. The standard InChI is InChI=1S/C14H18N6/c1-3-5-16-14(12-4-7-19(2)18-12)11-9-17-20-8-6-15-10-13(11)20/h4,6-10,14,16H,3,5H2,1-2H3. The minimum Gasteiger partial charge on any atom is -0.305 e. The zero-order chi connectivity index (χ0) is 13.9. The van der Waals surface area contributed by atoms with Crippen molar-refractivity contribution in [2.45, 2.75) is 19.4 Å². The van der Waals surface area contributed by atoms with E-state index in [9.17, 15) is 0 Å². The van der Waals surface area contributed by atoms with Gasteiger partial charge in [-0.25, -0.2) is 4.52 Å². The number of hydrogen-bond acceptors (Lipinski definition) is 4. The molecule has 104 valence electrons. The predicted molar refractivity (Wildman–Crippen MR) is 76.3 cm³/mol. The van der Waals surface area contributed by atoms with E-state index >= 15 is 0 Å². The zero-order valence-electron chi connectivity index (χ0n) is 11.7. The van der Waals surface area contributed by atoms with Crippen LogP contribution in [0.2, 0.25) is 0 Å². The third kappa shape index (κ3) is 2.30. The van der Waals surface area contributed by atoms with Gasteiger partial charge >= 0.3 is 0 Å². The normalized spacial score (nSPS) is 12.9.